The van der Waals surface area contributed by atoms with Crippen molar-refractivity contribution in [2.45, 2.75) is 56.8 Å². The Labute approximate surface area is 178 Å². The normalized spacial score (nSPS) is 17.8. The zero-order valence-electron chi connectivity index (χ0n) is 17.4. The van der Waals surface area contributed by atoms with E-state index in [2.05, 4.69) is 21.4 Å². The largest absolute Gasteiger partial charge is 0.394 e. The summed E-state index contributed by atoms with van der Waals surface area (Å²) in [5, 5.41) is 27.3. The summed E-state index contributed by atoms with van der Waals surface area (Å²) in [5.74, 6) is -0.0412. The van der Waals surface area contributed by atoms with Crippen LogP contribution in [0.5, 0.6) is 0 Å². The highest BCUT2D eigenvalue weighted by molar-refractivity contribution is 5.82. The van der Waals surface area contributed by atoms with Gasteiger partial charge in [-0.25, -0.2) is 0 Å². The summed E-state index contributed by atoms with van der Waals surface area (Å²) < 4.78 is 0. The van der Waals surface area contributed by atoms with Gasteiger partial charge in [-0.3, -0.25) is 15.1 Å². The molecule has 1 heterocycles. The number of nitrogens with two attached hydrogens (primary N) is 1. The van der Waals surface area contributed by atoms with Crippen LogP contribution in [0, 0.1) is 11.3 Å². The van der Waals surface area contributed by atoms with E-state index in [1.807, 2.05) is 30.3 Å². The number of unbranched alkanes of at least 4 members (excludes halogenated alkanes) is 1. The van der Waals surface area contributed by atoms with Gasteiger partial charge in [0.25, 0.3) is 0 Å². The molecule has 1 aromatic carbocycles. The van der Waals surface area contributed by atoms with Crippen molar-refractivity contribution in [1.29, 1.82) is 5.26 Å². The first-order chi connectivity index (χ1) is 14.6. The summed E-state index contributed by atoms with van der Waals surface area (Å²) in [4.78, 5) is 17.7. The Kier molecular flexibility index (Phi) is 11.1. The lowest BCUT2D eigenvalue weighted by Crippen LogP contribution is -2.47. The van der Waals surface area contributed by atoms with Crippen molar-refractivity contribution in [3.05, 3.63) is 29.8 Å². The maximum absolute atomic E-state index is 12.2. The smallest absolute Gasteiger partial charge is 0.237 e. The molecule has 3 atom stereocenters. The Morgan fingerprint density at radius 1 is 1.37 bits per heavy atom. The van der Waals surface area contributed by atoms with Crippen molar-refractivity contribution in [3.63, 3.8) is 0 Å². The first-order valence-corrected chi connectivity index (χ1v) is 10.6. The minimum Gasteiger partial charge on any atom is -0.394 e. The molecule has 7 N–H and O–H groups in total. The highest BCUT2D eigenvalue weighted by Crippen LogP contribution is 2.12. The number of rotatable bonds is 14. The standard InChI is InChI=1S/C21H34N6O3/c22-10-9-20(23)25-11-1-2-13-30-27-17-7-5-16(6-8-17)14-18(15-28)26-21(29)19-4-3-12-24-19/h5-8,18-20,24-25,27-28H,1-4,9,11-15,23H2,(H,26,29). The van der Waals surface area contributed by atoms with E-state index in [9.17, 15) is 9.90 Å². The van der Waals surface area contributed by atoms with Crippen molar-refractivity contribution in [1.82, 2.24) is 16.0 Å². The number of aliphatic hydroxyl groups is 1. The summed E-state index contributed by atoms with van der Waals surface area (Å²) >= 11 is 0. The van der Waals surface area contributed by atoms with Crippen LogP contribution in [0.4, 0.5) is 5.69 Å². The Balaban J connectivity index is 1.61. The van der Waals surface area contributed by atoms with Gasteiger partial charge >= 0.3 is 0 Å². The summed E-state index contributed by atoms with van der Waals surface area (Å²) in [6, 6.07) is 9.31. The molecular weight excluding hydrogens is 384 g/mol. The van der Waals surface area contributed by atoms with Crippen LogP contribution in [0.15, 0.2) is 24.3 Å². The molecule has 1 amide bonds. The van der Waals surface area contributed by atoms with Crippen LogP contribution in [0.25, 0.3) is 0 Å². The molecule has 0 bridgehead atoms. The average Bonchev–Trinajstić information content (AvgIpc) is 3.29. The average molecular weight is 419 g/mol. The van der Waals surface area contributed by atoms with E-state index in [0.29, 0.717) is 19.4 Å². The molecule has 1 aliphatic rings. The second kappa shape index (κ2) is 13.9. The van der Waals surface area contributed by atoms with E-state index in [-0.39, 0.29) is 30.8 Å². The second-order valence-corrected chi connectivity index (χ2v) is 7.52. The number of carbonyl (C=O) groups excluding carboxylic acids is 1. The summed E-state index contributed by atoms with van der Waals surface area (Å²) in [7, 11) is 0. The third-order valence-corrected chi connectivity index (χ3v) is 4.96. The first kappa shape index (κ1) is 24.1. The van der Waals surface area contributed by atoms with E-state index in [0.717, 1.165) is 50.0 Å². The summed E-state index contributed by atoms with van der Waals surface area (Å²) in [6.07, 6.45) is 4.22. The molecule has 0 saturated carbocycles. The molecule has 1 aromatic rings. The maximum atomic E-state index is 12.2. The zero-order chi connectivity index (χ0) is 21.6. The minimum atomic E-state index is -0.301. The van der Waals surface area contributed by atoms with E-state index < -0.39 is 0 Å². The van der Waals surface area contributed by atoms with Crippen molar-refractivity contribution >= 4 is 11.6 Å². The molecule has 9 heteroatoms. The molecule has 1 saturated heterocycles. The van der Waals surface area contributed by atoms with Gasteiger partial charge in [-0.05, 0) is 62.9 Å². The Morgan fingerprint density at radius 2 is 2.17 bits per heavy atom. The van der Waals surface area contributed by atoms with Crippen LogP contribution in [-0.4, -0.2) is 55.6 Å². The second-order valence-electron chi connectivity index (χ2n) is 7.52. The molecule has 0 spiro atoms. The topological polar surface area (TPSA) is 144 Å². The van der Waals surface area contributed by atoms with E-state index >= 15 is 0 Å². The number of hydrogen-bond acceptors (Lipinski definition) is 8. The van der Waals surface area contributed by atoms with Crippen LogP contribution in [0.2, 0.25) is 0 Å². The molecular formula is C21H34N6O3. The van der Waals surface area contributed by atoms with Crippen molar-refractivity contribution in [2.24, 2.45) is 5.73 Å². The SMILES string of the molecule is N#CCC(N)NCCCCONc1ccc(CC(CO)NC(=O)C2CCCN2)cc1. The zero-order valence-corrected chi connectivity index (χ0v) is 17.4. The maximum Gasteiger partial charge on any atom is 0.237 e. The Morgan fingerprint density at radius 3 is 2.83 bits per heavy atom. The number of nitrogens with one attached hydrogen (secondary N) is 4. The monoisotopic (exact) mass is 418 g/mol. The van der Waals surface area contributed by atoms with Gasteiger partial charge in [-0.15, -0.1) is 0 Å². The quantitative estimate of drug-likeness (QED) is 0.144. The Bertz CT molecular complexity index is 658. The van der Waals surface area contributed by atoms with Gasteiger partial charge in [0.15, 0.2) is 0 Å². The predicted molar refractivity (Wildman–Crippen MR) is 115 cm³/mol. The molecule has 0 aromatic heterocycles. The van der Waals surface area contributed by atoms with E-state index in [1.54, 1.807) is 0 Å². The Hall–Kier alpha value is -2.22. The van der Waals surface area contributed by atoms with Gasteiger partial charge in [0.05, 0.1) is 49.6 Å². The van der Waals surface area contributed by atoms with Gasteiger partial charge in [-0.2, -0.15) is 5.26 Å². The number of carbonyl (C=O) groups is 1. The summed E-state index contributed by atoms with van der Waals surface area (Å²) in [6.45, 7) is 2.08. The number of anilines is 1. The van der Waals surface area contributed by atoms with Crippen molar-refractivity contribution < 1.29 is 14.7 Å². The molecule has 2 rings (SSSR count). The van der Waals surface area contributed by atoms with E-state index in [4.69, 9.17) is 15.8 Å². The highest BCUT2D eigenvalue weighted by Gasteiger charge is 2.24. The lowest BCUT2D eigenvalue weighted by molar-refractivity contribution is -0.123. The number of hydrogen-bond donors (Lipinski definition) is 6. The summed E-state index contributed by atoms with van der Waals surface area (Å²) in [5.41, 5.74) is 10.5. The molecule has 0 radical (unpaired) electrons. The van der Waals surface area contributed by atoms with Gasteiger partial charge < -0.3 is 26.8 Å². The van der Waals surface area contributed by atoms with Crippen LogP contribution < -0.4 is 27.2 Å². The molecule has 166 valence electrons. The van der Waals surface area contributed by atoms with Gasteiger partial charge in [0.2, 0.25) is 5.91 Å². The van der Waals surface area contributed by atoms with Crippen LogP contribution in [0.1, 0.15) is 37.7 Å². The molecule has 1 aliphatic heterocycles. The van der Waals surface area contributed by atoms with Crippen LogP contribution in [-0.2, 0) is 16.1 Å². The van der Waals surface area contributed by atoms with Gasteiger partial charge in [0.1, 0.15) is 0 Å². The third-order valence-electron chi connectivity index (χ3n) is 4.96. The third kappa shape index (κ3) is 9.07. The predicted octanol–water partition coefficient (Wildman–Crippen LogP) is 0.370. The molecule has 1 fully saturated rings. The fraction of sp³-hybridized carbons (Fsp3) is 0.619. The lowest BCUT2D eigenvalue weighted by Gasteiger charge is -2.19. The number of amides is 1. The van der Waals surface area contributed by atoms with Crippen LogP contribution in [0.3, 0.4) is 0 Å². The molecule has 3 unspecified atom stereocenters. The molecule has 0 aliphatic carbocycles. The van der Waals surface area contributed by atoms with Gasteiger partial charge in [0, 0.05) is 0 Å². The van der Waals surface area contributed by atoms with E-state index in [1.165, 1.54) is 0 Å². The minimum absolute atomic E-state index is 0.0412. The lowest BCUT2D eigenvalue weighted by atomic mass is 10.1. The number of benzene rings is 1. The number of aliphatic hydroxyl groups excluding tert-OH is 1. The fourth-order valence-corrected chi connectivity index (χ4v) is 3.26. The molecule has 9 nitrogen and oxygen atoms in total. The number of nitriles is 1. The van der Waals surface area contributed by atoms with Crippen molar-refractivity contribution in [3.8, 4) is 6.07 Å². The fourth-order valence-electron chi connectivity index (χ4n) is 3.26. The number of nitrogens with zero attached hydrogens (tertiary/aromatic N) is 1. The van der Waals surface area contributed by atoms with Crippen LogP contribution >= 0.6 is 0 Å². The molecule has 30 heavy (non-hydrogen) atoms. The first-order valence-electron chi connectivity index (χ1n) is 10.6. The van der Waals surface area contributed by atoms with Crippen molar-refractivity contribution in [2.75, 3.05) is 31.8 Å². The highest BCUT2D eigenvalue weighted by atomic mass is 16.6. The van der Waals surface area contributed by atoms with Gasteiger partial charge in [-0.1, -0.05) is 12.1 Å².